The highest BCUT2D eigenvalue weighted by molar-refractivity contribution is 5.86. The Labute approximate surface area is 160 Å². The lowest BCUT2D eigenvalue weighted by atomic mass is 10.1. The summed E-state index contributed by atoms with van der Waals surface area (Å²) in [6.07, 6.45) is 1.54. The van der Waals surface area contributed by atoms with Crippen molar-refractivity contribution in [2.24, 2.45) is 5.92 Å². The fourth-order valence-corrected chi connectivity index (χ4v) is 2.60. The van der Waals surface area contributed by atoms with Gasteiger partial charge in [0.2, 0.25) is 5.91 Å². The Kier molecular flexibility index (Phi) is 20.8. The Morgan fingerprint density at radius 2 is 1.65 bits per heavy atom. The maximum Gasteiger partial charge on any atom is 0.220 e. The molecule has 2 N–H and O–H groups in total. The number of halogens is 3. The molecule has 8 heteroatoms. The van der Waals surface area contributed by atoms with Crippen molar-refractivity contribution < 1.29 is 4.79 Å². The quantitative estimate of drug-likeness (QED) is 0.585. The third-order valence-electron chi connectivity index (χ3n) is 3.96. The second-order valence-electron chi connectivity index (χ2n) is 5.85. The Morgan fingerprint density at radius 1 is 1.09 bits per heavy atom. The number of hydrogen-bond acceptors (Lipinski definition) is 4. The normalized spacial score (nSPS) is 16.5. The highest BCUT2D eigenvalue weighted by Crippen LogP contribution is 2.05. The maximum absolute atomic E-state index is 11.6. The number of amides is 1. The van der Waals surface area contributed by atoms with Gasteiger partial charge in [0.15, 0.2) is 0 Å². The summed E-state index contributed by atoms with van der Waals surface area (Å²) in [5.74, 6) is 0.708. The molecular weight excluding hydrogens is 359 g/mol. The molecule has 23 heavy (non-hydrogen) atoms. The van der Waals surface area contributed by atoms with Crippen LogP contribution in [-0.4, -0.2) is 75.1 Å². The first-order chi connectivity index (χ1) is 9.65. The monoisotopic (exact) mass is 392 g/mol. The van der Waals surface area contributed by atoms with Gasteiger partial charge < -0.3 is 20.4 Å². The van der Waals surface area contributed by atoms with Crippen LogP contribution in [0.4, 0.5) is 0 Å². The molecule has 1 aliphatic rings. The van der Waals surface area contributed by atoms with E-state index in [1.54, 1.807) is 0 Å². The van der Waals surface area contributed by atoms with Gasteiger partial charge in [-0.05, 0) is 32.5 Å². The lowest BCUT2D eigenvalue weighted by Gasteiger charge is -2.35. The van der Waals surface area contributed by atoms with Crippen LogP contribution in [0.2, 0.25) is 0 Å². The van der Waals surface area contributed by atoms with Crippen LogP contribution < -0.4 is 10.6 Å². The first-order valence-corrected chi connectivity index (χ1v) is 8.01. The molecule has 1 rings (SSSR count). The zero-order valence-electron chi connectivity index (χ0n) is 14.7. The van der Waals surface area contributed by atoms with Gasteiger partial charge in [-0.25, -0.2) is 0 Å². The molecule has 0 aliphatic carbocycles. The van der Waals surface area contributed by atoms with Crippen LogP contribution in [0.1, 0.15) is 26.7 Å². The fraction of sp³-hybridized carbons (Fsp3) is 0.933. The second kappa shape index (κ2) is 17.1. The molecule has 1 heterocycles. The molecule has 0 aromatic carbocycles. The van der Waals surface area contributed by atoms with E-state index in [1.165, 1.54) is 13.1 Å². The van der Waals surface area contributed by atoms with Crippen molar-refractivity contribution in [3.63, 3.8) is 0 Å². The Bertz CT molecular complexity index is 277. The van der Waals surface area contributed by atoms with Crippen molar-refractivity contribution in [1.29, 1.82) is 0 Å². The number of carbonyl (C=O) groups excluding carboxylic acids is 1. The standard InChI is InChI=1S/C15H32N4O.3ClH/c1-4-18-8-10-19(11-9-18)13-14(2)12-17-15(20)6-5-7-16-3;;;/h14,16H,4-13H2,1-3H3,(H,17,20);3*1H. The van der Waals surface area contributed by atoms with Crippen molar-refractivity contribution in [3.05, 3.63) is 0 Å². The van der Waals surface area contributed by atoms with Crippen LogP contribution in [0.3, 0.4) is 0 Å². The van der Waals surface area contributed by atoms with Crippen LogP contribution in [0.5, 0.6) is 0 Å². The number of likely N-dealkylation sites (N-methyl/N-ethyl adjacent to an activating group) is 1. The van der Waals surface area contributed by atoms with E-state index in [0.29, 0.717) is 12.3 Å². The third kappa shape index (κ3) is 13.2. The molecule has 1 amide bonds. The Balaban J connectivity index is -0.00000133. The van der Waals surface area contributed by atoms with Crippen LogP contribution >= 0.6 is 37.2 Å². The molecule has 1 atom stereocenters. The first-order valence-electron chi connectivity index (χ1n) is 8.01. The molecule has 0 radical (unpaired) electrons. The Hall–Kier alpha value is 0.220. The number of nitrogens with zero attached hydrogens (tertiary/aromatic N) is 2. The molecule has 0 spiro atoms. The number of hydrogen-bond donors (Lipinski definition) is 2. The summed E-state index contributed by atoms with van der Waals surface area (Å²) < 4.78 is 0. The number of carbonyl (C=O) groups is 1. The van der Waals surface area contributed by atoms with Gasteiger partial charge in [0, 0.05) is 45.7 Å². The molecule has 1 aliphatic heterocycles. The number of nitrogens with one attached hydrogen (secondary N) is 2. The lowest BCUT2D eigenvalue weighted by molar-refractivity contribution is -0.121. The van der Waals surface area contributed by atoms with E-state index in [4.69, 9.17) is 0 Å². The van der Waals surface area contributed by atoms with Gasteiger partial charge in [-0.15, -0.1) is 37.2 Å². The summed E-state index contributed by atoms with van der Waals surface area (Å²) in [5.41, 5.74) is 0. The van der Waals surface area contributed by atoms with Crippen LogP contribution in [-0.2, 0) is 4.79 Å². The molecule has 0 aromatic heterocycles. The average molecular weight is 394 g/mol. The van der Waals surface area contributed by atoms with Crippen LogP contribution in [0, 0.1) is 5.92 Å². The zero-order valence-corrected chi connectivity index (χ0v) is 17.1. The van der Waals surface area contributed by atoms with Crippen LogP contribution in [0.15, 0.2) is 0 Å². The van der Waals surface area contributed by atoms with E-state index in [1.807, 2.05) is 7.05 Å². The highest BCUT2D eigenvalue weighted by atomic mass is 35.5. The van der Waals surface area contributed by atoms with E-state index in [-0.39, 0.29) is 43.1 Å². The highest BCUT2D eigenvalue weighted by Gasteiger charge is 2.17. The van der Waals surface area contributed by atoms with Gasteiger partial charge in [0.25, 0.3) is 0 Å². The molecule has 1 fully saturated rings. The van der Waals surface area contributed by atoms with Gasteiger partial charge >= 0.3 is 0 Å². The predicted octanol–water partition coefficient (Wildman–Crippen LogP) is 1.64. The van der Waals surface area contributed by atoms with Crippen LogP contribution in [0.25, 0.3) is 0 Å². The minimum Gasteiger partial charge on any atom is -0.356 e. The molecule has 1 saturated heterocycles. The fourth-order valence-electron chi connectivity index (χ4n) is 2.60. The maximum atomic E-state index is 11.6. The van der Waals surface area contributed by atoms with Crippen molar-refractivity contribution in [2.75, 3.05) is 59.4 Å². The first kappa shape index (κ1) is 28.0. The van der Waals surface area contributed by atoms with E-state index in [9.17, 15) is 4.79 Å². The van der Waals surface area contributed by atoms with Gasteiger partial charge in [-0.3, -0.25) is 4.79 Å². The van der Waals surface area contributed by atoms with Gasteiger partial charge in [-0.1, -0.05) is 13.8 Å². The minimum atomic E-state index is 0. The zero-order chi connectivity index (χ0) is 14.8. The van der Waals surface area contributed by atoms with E-state index >= 15 is 0 Å². The summed E-state index contributed by atoms with van der Waals surface area (Å²) >= 11 is 0. The SMILES string of the molecule is CCN1CCN(CC(C)CNC(=O)CCCNC)CC1.Cl.Cl.Cl. The summed E-state index contributed by atoms with van der Waals surface area (Å²) in [4.78, 5) is 16.6. The van der Waals surface area contributed by atoms with Crippen molar-refractivity contribution in [2.45, 2.75) is 26.7 Å². The van der Waals surface area contributed by atoms with Crippen molar-refractivity contribution in [1.82, 2.24) is 20.4 Å². The number of piperazine rings is 1. The van der Waals surface area contributed by atoms with Gasteiger partial charge in [-0.2, -0.15) is 0 Å². The Morgan fingerprint density at radius 3 is 2.17 bits per heavy atom. The van der Waals surface area contributed by atoms with E-state index in [2.05, 4.69) is 34.3 Å². The largest absolute Gasteiger partial charge is 0.356 e. The predicted molar refractivity (Wildman–Crippen MR) is 106 cm³/mol. The number of rotatable bonds is 9. The average Bonchev–Trinajstić information content (AvgIpc) is 2.46. The summed E-state index contributed by atoms with van der Waals surface area (Å²) in [5, 5.41) is 6.11. The molecule has 0 saturated carbocycles. The summed E-state index contributed by atoms with van der Waals surface area (Å²) in [7, 11) is 1.91. The van der Waals surface area contributed by atoms with Gasteiger partial charge in [0.05, 0.1) is 0 Å². The lowest BCUT2D eigenvalue weighted by Crippen LogP contribution is -2.48. The molecule has 0 aromatic rings. The molecule has 5 nitrogen and oxygen atoms in total. The van der Waals surface area contributed by atoms with Crippen molar-refractivity contribution >= 4 is 43.1 Å². The molecular formula is C15H35Cl3N4O. The van der Waals surface area contributed by atoms with E-state index in [0.717, 1.165) is 45.7 Å². The topological polar surface area (TPSA) is 47.6 Å². The second-order valence-corrected chi connectivity index (χ2v) is 5.85. The van der Waals surface area contributed by atoms with Gasteiger partial charge in [0.1, 0.15) is 0 Å². The summed E-state index contributed by atoms with van der Waals surface area (Å²) in [6.45, 7) is 13.1. The van der Waals surface area contributed by atoms with Crippen molar-refractivity contribution in [3.8, 4) is 0 Å². The molecule has 0 bridgehead atoms. The third-order valence-corrected chi connectivity index (χ3v) is 3.96. The van der Waals surface area contributed by atoms with E-state index < -0.39 is 0 Å². The smallest absolute Gasteiger partial charge is 0.220 e. The molecule has 1 unspecified atom stereocenters. The minimum absolute atomic E-state index is 0. The molecule has 142 valence electrons. The summed E-state index contributed by atoms with van der Waals surface area (Å²) in [6, 6.07) is 0.